The summed E-state index contributed by atoms with van der Waals surface area (Å²) in [7, 11) is 0. The SMILES string of the molecule is Cc1cccc2c(=O)n(CC(=O)NC(C)CCO)cnc12. The van der Waals surface area contributed by atoms with Crippen molar-refractivity contribution in [2.24, 2.45) is 0 Å². The zero-order chi connectivity index (χ0) is 15.4. The number of nitrogens with zero attached hydrogens (tertiary/aromatic N) is 2. The summed E-state index contributed by atoms with van der Waals surface area (Å²) in [4.78, 5) is 28.5. The summed E-state index contributed by atoms with van der Waals surface area (Å²) in [6, 6.07) is 5.27. The van der Waals surface area contributed by atoms with E-state index >= 15 is 0 Å². The zero-order valence-electron chi connectivity index (χ0n) is 12.2. The van der Waals surface area contributed by atoms with Crippen molar-refractivity contribution in [1.82, 2.24) is 14.9 Å². The molecule has 2 N–H and O–H groups in total. The minimum atomic E-state index is -0.271. The Morgan fingerprint density at radius 2 is 2.24 bits per heavy atom. The number of nitrogens with one attached hydrogen (secondary N) is 1. The second kappa shape index (κ2) is 6.49. The molecule has 1 aromatic heterocycles. The summed E-state index contributed by atoms with van der Waals surface area (Å²) >= 11 is 0. The second-order valence-electron chi connectivity index (χ2n) is 5.13. The van der Waals surface area contributed by atoms with Gasteiger partial charge in [-0.15, -0.1) is 0 Å². The van der Waals surface area contributed by atoms with E-state index in [1.54, 1.807) is 19.1 Å². The fourth-order valence-electron chi connectivity index (χ4n) is 2.19. The van der Waals surface area contributed by atoms with E-state index in [-0.39, 0.29) is 30.7 Å². The highest BCUT2D eigenvalue weighted by molar-refractivity contribution is 5.81. The minimum absolute atomic E-state index is 0.0121. The van der Waals surface area contributed by atoms with E-state index < -0.39 is 0 Å². The maximum atomic E-state index is 12.3. The van der Waals surface area contributed by atoms with Gasteiger partial charge in [0.2, 0.25) is 5.91 Å². The van der Waals surface area contributed by atoms with Gasteiger partial charge in [-0.1, -0.05) is 12.1 Å². The molecule has 0 fully saturated rings. The molecule has 1 aromatic carbocycles. The minimum Gasteiger partial charge on any atom is -0.396 e. The Hall–Kier alpha value is -2.21. The van der Waals surface area contributed by atoms with E-state index in [2.05, 4.69) is 10.3 Å². The first-order chi connectivity index (χ1) is 10.0. The number of carbonyl (C=O) groups excluding carboxylic acids is 1. The van der Waals surface area contributed by atoms with Gasteiger partial charge in [-0.05, 0) is 31.9 Å². The average molecular weight is 289 g/mol. The first-order valence-corrected chi connectivity index (χ1v) is 6.88. The van der Waals surface area contributed by atoms with Crippen LogP contribution in [0.3, 0.4) is 0 Å². The predicted octanol–water partition coefficient (Wildman–Crippen LogP) is 0.592. The third kappa shape index (κ3) is 3.46. The van der Waals surface area contributed by atoms with Gasteiger partial charge >= 0.3 is 0 Å². The monoisotopic (exact) mass is 289 g/mol. The standard InChI is InChI=1S/C15H19N3O3/c1-10-4-3-5-12-14(10)16-9-18(15(12)21)8-13(20)17-11(2)6-7-19/h3-5,9,11,19H,6-8H2,1-2H3,(H,17,20). The van der Waals surface area contributed by atoms with Gasteiger partial charge in [0.1, 0.15) is 6.54 Å². The predicted molar refractivity (Wildman–Crippen MR) is 80.0 cm³/mol. The largest absolute Gasteiger partial charge is 0.396 e. The van der Waals surface area contributed by atoms with Crippen molar-refractivity contribution in [3.63, 3.8) is 0 Å². The van der Waals surface area contributed by atoms with Gasteiger partial charge < -0.3 is 10.4 Å². The van der Waals surface area contributed by atoms with Gasteiger partial charge in [-0.25, -0.2) is 4.98 Å². The highest BCUT2D eigenvalue weighted by Crippen LogP contribution is 2.11. The second-order valence-corrected chi connectivity index (χ2v) is 5.13. The molecule has 21 heavy (non-hydrogen) atoms. The molecular weight excluding hydrogens is 270 g/mol. The van der Waals surface area contributed by atoms with Crippen LogP contribution < -0.4 is 10.9 Å². The van der Waals surface area contributed by atoms with Gasteiger partial charge in [-0.3, -0.25) is 14.2 Å². The van der Waals surface area contributed by atoms with Crippen LogP contribution in [-0.4, -0.2) is 33.2 Å². The molecule has 6 nitrogen and oxygen atoms in total. The van der Waals surface area contributed by atoms with E-state index in [1.807, 2.05) is 13.0 Å². The number of benzene rings is 1. The Balaban J connectivity index is 2.22. The lowest BCUT2D eigenvalue weighted by molar-refractivity contribution is -0.122. The smallest absolute Gasteiger partial charge is 0.261 e. The van der Waals surface area contributed by atoms with Crippen LogP contribution in [0.5, 0.6) is 0 Å². The van der Waals surface area contributed by atoms with Crippen molar-refractivity contribution >= 4 is 16.8 Å². The fourth-order valence-corrected chi connectivity index (χ4v) is 2.19. The van der Waals surface area contributed by atoms with Crippen molar-refractivity contribution in [2.75, 3.05) is 6.61 Å². The lowest BCUT2D eigenvalue weighted by Crippen LogP contribution is -2.37. The van der Waals surface area contributed by atoms with Gasteiger partial charge in [-0.2, -0.15) is 0 Å². The molecule has 0 spiro atoms. The number of aromatic nitrogens is 2. The maximum Gasteiger partial charge on any atom is 0.261 e. The van der Waals surface area contributed by atoms with Gasteiger partial charge in [0.05, 0.1) is 17.2 Å². The number of aliphatic hydroxyl groups is 1. The van der Waals surface area contributed by atoms with Crippen LogP contribution in [0.25, 0.3) is 10.9 Å². The third-order valence-electron chi connectivity index (χ3n) is 3.34. The molecule has 1 amide bonds. The third-order valence-corrected chi connectivity index (χ3v) is 3.34. The Morgan fingerprint density at radius 3 is 2.95 bits per heavy atom. The zero-order valence-corrected chi connectivity index (χ0v) is 12.2. The van der Waals surface area contributed by atoms with Crippen LogP contribution in [0.4, 0.5) is 0 Å². The number of amides is 1. The summed E-state index contributed by atoms with van der Waals surface area (Å²) in [5, 5.41) is 12.0. The number of fused-ring (bicyclic) bond motifs is 1. The first-order valence-electron chi connectivity index (χ1n) is 6.88. The van der Waals surface area contributed by atoms with Gasteiger partial charge in [0, 0.05) is 12.6 Å². The van der Waals surface area contributed by atoms with Crippen molar-refractivity contribution < 1.29 is 9.90 Å². The molecule has 0 bridgehead atoms. The number of hydrogen-bond donors (Lipinski definition) is 2. The van der Waals surface area contributed by atoms with Crippen molar-refractivity contribution in [2.45, 2.75) is 32.9 Å². The molecule has 2 rings (SSSR count). The lowest BCUT2D eigenvalue weighted by atomic mass is 10.1. The van der Waals surface area contributed by atoms with Gasteiger partial charge in [0.15, 0.2) is 0 Å². The number of hydrogen-bond acceptors (Lipinski definition) is 4. The maximum absolute atomic E-state index is 12.3. The quantitative estimate of drug-likeness (QED) is 0.844. The molecule has 0 radical (unpaired) electrons. The van der Waals surface area contributed by atoms with Crippen LogP contribution in [0.2, 0.25) is 0 Å². The molecule has 0 aliphatic rings. The topological polar surface area (TPSA) is 84.2 Å². The number of rotatable bonds is 5. The van der Waals surface area contributed by atoms with Crippen LogP contribution in [0, 0.1) is 6.92 Å². The molecule has 6 heteroatoms. The van der Waals surface area contributed by atoms with E-state index in [9.17, 15) is 9.59 Å². The highest BCUT2D eigenvalue weighted by Gasteiger charge is 2.11. The Kier molecular flexibility index (Phi) is 4.70. The Morgan fingerprint density at radius 1 is 1.48 bits per heavy atom. The Bertz CT molecular complexity index is 709. The molecule has 0 aliphatic heterocycles. The lowest BCUT2D eigenvalue weighted by Gasteiger charge is -2.13. The molecule has 0 aliphatic carbocycles. The van der Waals surface area contributed by atoms with E-state index in [4.69, 9.17) is 5.11 Å². The number of carbonyl (C=O) groups is 1. The Labute approximate surface area is 122 Å². The summed E-state index contributed by atoms with van der Waals surface area (Å²) in [5.41, 5.74) is 1.36. The van der Waals surface area contributed by atoms with E-state index in [0.717, 1.165) is 5.56 Å². The number of para-hydroxylation sites is 1. The van der Waals surface area contributed by atoms with Crippen molar-refractivity contribution in [3.05, 3.63) is 40.4 Å². The molecule has 0 saturated heterocycles. The van der Waals surface area contributed by atoms with Crippen molar-refractivity contribution in [1.29, 1.82) is 0 Å². The first kappa shape index (κ1) is 15.2. The molecule has 2 aromatic rings. The van der Waals surface area contributed by atoms with Crippen LogP contribution in [-0.2, 0) is 11.3 Å². The van der Waals surface area contributed by atoms with Crippen LogP contribution >= 0.6 is 0 Å². The fraction of sp³-hybridized carbons (Fsp3) is 0.400. The molecule has 1 heterocycles. The summed E-state index contributed by atoms with van der Waals surface area (Å²) in [5.74, 6) is -0.271. The average Bonchev–Trinajstić information content (AvgIpc) is 2.43. The van der Waals surface area contributed by atoms with E-state index in [1.165, 1.54) is 10.9 Å². The summed E-state index contributed by atoms with van der Waals surface area (Å²) in [6.45, 7) is 3.63. The molecule has 112 valence electrons. The van der Waals surface area contributed by atoms with Crippen LogP contribution in [0.15, 0.2) is 29.3 Å². The van der Waals surface area contributed by atoms with E-state index in [0.29, 0.717) is 17.3 Å². The molecular formula is C15H19N3O3. The molecule has 1 unspecified atom stereocenters. The highest BCUT2D eigenvalue weighted by atomic mass is 16.3. The summed E-state index contributed by atoms with van der Waals surface area (Å²) in [6.07, 6.45) is 1.88. The summed E-state index contributed by atoms with van der Waals surface area (Å²) < 4.78 is 1.29. The van der Waals surface area contributed by atoms with Crippen molar-refractivity contribution in [3.8, 4) is 0 Å². The normalized spacial score (nSPS) is 12.3. The number of aryl methyl sites for hydroxylation is 1. The molecule has 0 saturated carbocycles. The van der Waals surface area contributed by atoms with Gasteiger partial charge in [0.25, 0.3) is 5.56 Å². The molecule has 1 atom stereocenters. The number of aliphatic hydroxyl groups excluding tert-OH is 1. The van der Waals surface area contributed by atoms with Crippen LogP contribution in [0.1, 0.15) is 18.9 Å².